The van der Waals surface area contributed by atoms with E-state index in [9.17, 15) is 9.69 Å². The second kappa shape index (κ2) is 7.54. The third-order valence-electron chi connectivity index (χ3n) is 4.05. The highest BCUT2D eigenvalue weighted by Crippen LogP contribution is 2.42. The van der Waals surface area contributed by atoms with Crippen molar-refractivity contribution in [2.75, 3.05) is 20.4 Å². The first-order valence-electron chi connectivity index (χ1n) is 7.33. The number of carbonyl (C=O) groups excluding carboxylic acids is 1. The van der Waals surface area contributed by atoms with E-state index in [1.165, 1.54) is 6.42 Å². The van der Waals surface area contributed by atoms with Crippen molar-refractivity contribution in [3.8, 4) is 0 Å². The summed E-state index contributed by atoms with van der Waals surface area (Å²) < 4.78 is 15.3. The molecule has 21 heavy (non-hydrogen) atoms. The SMILES string of the molecule is CC(C)C(=O)OCOP(O)OC1=CCC2CCN(C)C2C1. The molecule has 2 aliphatic rings. The molecule has 1 N–H and O–H groups in total. The molecule has 1 aliphatic heterocycles. The second-order valence-corrected chi connectivity index (χ2v) is 6.82. The number of ether oxygens (including phenoxy) is 1. The molecule has 0 amide bonds. The summed E-state index contributed by atoms with van der Waals surface area (Å²) in [6.07, 6.45) is 5.04. The number of hydrogen-bond donors (Lipinski definition) is 1. The Labute approximate surface area is 127 Å². The number of carbonyl (C=O) groups is 1. The summed E-state index contributed by atoms with van der Waals surface area (Å²) in [6.45, 7) is 4.31. The van der Waals surface area contributed by atoms with Gasteiger partial charge in [0.1, 0.15) is 5.76 Å². The Kier molecular flexibility index (Phi) is 5.99. The van der Waals surface area contributed by atoms with Crippen LogP contribution in [0, 0.1) is 11.8 Å². The van der Waals surface area contributed by atoms with Crippen molar-refractivity contribution in [2.24, 2.45) is 11.8 Å². The highest BCUT2D eigenvalue weighted by molar-refractivity contribution is 7.40. The lowest BCUT2D eigenvalue weighted by molar-refractivity contribution is -0.154. The molecule has 0 aromatic carbocycles. The van der Waals surface area contributed by atoms with Crippen LogP contribution in [0.2, 0.25) is 0 Å². The molecular formula is C14H24NO5P. The first-order chi connectivity index (χ1) is 9.97. The summed E-state index contributed by atoms with van der Waals surface area (Å²) in [4.78, 5) is 23.3. The van der Waals surface area contributed by atoms with Crippen LogP contribution in [0.1, 0.15) is 33.1 Å². The van der Waals surface area contributed by atoms with Crippen LogP contribution >= 0.6 is 8.60 Å². The van der Waals surface area contributed by atoms with E-state index in [1.807, 2.05) is 6.08 Å². The van der Waals surface area contributed by atoms with Crippen LogP contribution < -0.4 is 0 Å². The van der Waals surface area contributed by atoms with Crippen LogP contribution in [0.15, 0.2) is 11.8 Å². The molecule has 0 saturated carbocycles. The molecule has 0 radical (unpaired) electrons. The first kappa shape index (κ1) is 16.7. The Morgan fingerprint density at radius 2 is 2.33 bits per heavy atom. The Bertz CT molecular complexity index is 401. The summed E-state index contributed by atoms with van der Waals surface area (Å²) >= 11 is 0. The zero-order chi connectivity index (χ0) is 15.4. The molecule has 1 aliphatic carbocycles. The molecule has 0 aromatic heterocycles. The van der Waals surface area contributed by atoms with Gasteiger partial charge < -0.3 is 19.1 Å². The largest absolute Gasteiger partial charge is 0.438 e. The van der Waals surface area contributed by atoms with Gasteiger partial charge >= 0.3 is 14.6 Å². The predicted molar refractivity (Wildman–Crippen MR) is 78.9 cm³/mol. The number of fused-ring (bicyclic) bond motifs is 1. The molecule has 0 bridgehead atoms. The molecule has 1 fully saturated rings. The van der Waals surface area contributed by atoms with Crippen molar-refractivity contribution in [1.82, 2.24) is 4.90 Å². The average Bonchev–Trinajstić information content (AvgIpc) is 2.80. The number of allylic oxidation sites excluding steroid dienone is 1. The van der Waals surface area contributed by atoms with Gasteiger partial charge in [-0.1, -0.05) is 13.8 Å². The van der Waals surface area contributed by atoms with E-state index < -0.39 is 8.60 Å². The first-order valence-corrected chi connectivity index (χ1v) is 8.46. The minimum Gasteiger partial charge on any atom is -0.438 e. The second-order valence-electron chi connectivity index (χ2n) is 5.90. The number of likely N-dealkylation sites (tertiary alicyclic amines) is 1. The molecule has 0 spiro atoms. The van der Waals surface area contributed by atoms with Gasteiger partial charge in [0.25, 0.3) is 0 Å². The molecule has 3 atom stereocenters. The van der Waals surface area contributed by atoms with Gasteiger partial charge in [-0.3, -0.25) is 9.32 Å². The lowest BCUT2D eigenvalue weighted by atomic mass is 9.89. The lowest BCUT2D eigenvalue weighted by Crippen LogP contribution is -2.31. The summed E-state index contributed by atoms with van der Waals surface area (Å²) in [5, 5.41) is 0. The maximum absolute atomic E-state index is 11.2. The predicted octanol–water partition coefficient (Wildman–Crippen LogP) is 2.39. The fourth-order valence-corrected chi connectivity index (χ4v) is 3.30. The van der Waals surface area contributed by atoms with Gasteiger partial charge in [-0.05, 0) is 38.4 Å². The Morgan fingerprint density at radius 3 is 3.05 bits per heavy atom. The molecular weight excluding hydrogens is 293 g/mol. The normalized spacial score (nSPS) is 27.2. The van der Waals surface area contributed by atoms with Crippen LogP contribution in [-0.4, -0.2) is 42.2 Å². The van der Waals surface area contributed by atoms with Gasteiger partial charge in [0.05, 0.1) is 5.92 Å². The van der Waals surface area contributed by atoms with E-state index in [-0.39, 0.29) is 18.7 Å². The Balaban J connectivity index is 1.71. The van der Waals surface area contributed by atoms with Crippen molar-refractivity contribution in [2.45, 2.75) is 39.2 Å². The quantitative estimate of drug-likeness (QED) is 0.461. The van der Waals surface area contributed by atoms with Crippen molar-refractivity contribution in [3.05, 3.63) is 11.8 Å². The monoisotopic (exact) mass is 317 g/mol. The Morgan fingerprint density at radius 1 is 1.57 bits per heavy atom. The summed E-state index contributed by atoms with van der Waals surface area (Å²) in [7, 11) is 0.0727. The zero-order valence-electron chi connectivity index (χ0n) is 12.8. The number of hydrogen-bond acceptors (Lipinski definition) is 6. The maximum atomic E-state index is 11.2. The maximum Gasteiger partial charge on any atom is 0.397 e. The van der Waals surface area contributed by atoms with Gasteiger partial charge in [-0.15, -0.1) is 0 Å². The third-order valence-corrected chi connectivity index (χ3v) is 4.77. The lowest BCUT2D eigenvalue weighted by Gasteiger charge is -2.29. The van der Waals surface area contributed by atoms with Crippen molar-refractivity contribution < 1.29 is 23.5 Å². The molecule has 3 unspecified atom stereocenters. The van der Waals surface area contributed by atoms with E-state index in [0.29, 0.717) is 12.0 Å². The van der Waals surface area contributed by atoms with Gasteiger partial charge in [0, 0.05) is 12.5 Å². The fourth-order valence-electron chi connectivity index (χ4n) is 2.75. The fraction of sp³-hybridized carbons (Fsp3) is 0.786. The van der Waals surface area contributed by atoms with Crippen LogP contribution in [0.5, 0.6) is 0 Å². The molecule has 6 nitrogen and oxygen atoms in total. The topological polar surface area (TPSA) is 68.2 Å². The number of nitrogens with zero attached hydrogens (tertiary/aromatic N) is 1. The average molecular weight is 317 g/mol. The summed E-state index contributed by atoms with van der Waals surface area (Å²) in [5.74, 6) is 0.898. The van der Waals surface area contributed by atoms with Crippen LogP contribution in [0.25, 0.3) is 0 Å². The Hall–Kier alpha value is -0.680. The van der Waals surface area contributed by atoms with Crippen LogP contribution in [0.3, 0.4) is 0 Å². The smallest absolute Gasteiger partial charge is 0.397 e. The van der Waals surface area contributed by atoms with E-state index in [4.69, 9.17) is 13.8 Å². The van der Waals surface area contributed by atoms with Gasteiger partial charge in [0.2, 0.25) is 6.79 Å². The molecule has 0 aromatic rings. The molecule has 1 heterocycles. The minimum atomic E-state index is -2.05. The molecule has 1 saturated heterocycles. The van der Waals surface area contributed by atoms with Crippen molar-refractivity contribution in [3.63, 3.8) is 0 Å². The molecule has 120 valence electrons. The number of rotatable bonds is 6. The van der Waals surface area contributed by atoms with Gasteiger partial charge in [0.15, 0.2) is 0 Å². The molecule has 7 heteroatoms. The highest BCUT2D eigenvalue weighted by Gasteiger charge is 2.35. The highest BCUT2D eigenvalue weighted by atomic mass is 31.2. The van der Waals surface area contributed by atoms with Gasteiger partial charge in [-0.2, -0.15) is 0 Å². The van der Waals surface area contributed by atoms with E-state index in [1.54, 1.807) is 13.8 Å². The summed E-state index contributed by atoms with van der Waals surface area (Å²) in [5.41, 5.74) is 0. The van der Waals surface area contributed by atoms with E-state index in [0.717, 1.165) is 25.1 Å². The van der Waals surface area contributed by atoms with Crippen molar-refractivity contribution >= 4 is 14.6 Å². The standard InChI is InChI=1S/C14H24NO5P/c1-10(2)14(16)18-9-19-21(17)20-12-5-4-11-6-7-15(3)13(11)8-12/h5,10-11,13,17H,4,6-9H2,1-3H3. The van der Waals surface area contributed by atoms with E-state index >= 15 is 0 Å². The third kappa shape index (κ3) is 4.65. The zero-order valence-corrected chi connectivity index (χ0v) is 13.7. The number of esters is 1. The van der Waals surface area contributed by atoms with Crippen LogP contribution in [0.4, 0.5) is 0 Å². The van der Waals surface area contributed by atoms with Crippen molar-refractivity contribution in [1.29, 1.82) is 0 Å². The summed E-state index contributed by atoms with van der Waals surface area (Å²) in [6, 6.07) is 0.493. The van der Waals surface area contributed by atoms with Gasteiger partial charge in [-0.25, -0.2) is 0 Å². The van der Waals surface area contributed by atoms with E-state index in [2.05, 4.69) is 11.9 Å². The van der Waals surface area contributed by atoms with Crippen LogP contribution in [-0.2, 0) is 18.6 Å². The molecule has 2 rings (SSSR count). The minimum absolute atomic E-state index is 0.213.